The standard InChI is InChI=1S/C51H33N3OS/c1-4-16-35(17-5-1)51-52-49-44-32-40(53(37-19-6-2-7-20-37)39-28-27-34-15-10-11-18-36(34)31-39)33-46(41(44)29-30-47(49)55-51)54(38-21-8-3-9-22-38)45-25-14-24-43-42-23-12-13-26-48(42)56-50(43)45/h1-33H. The molecule has 11 aromatic rings. The van der Waals surface area contributed by atoms with E-state index in [9.17, 15) is 0 Å². The molecule has 0 N–H and O–H groups in total. The number of anilines is 6. The number of benzene rings is 9. The fraction of sp³-hybridized carbons (Fsp3) is 0. The van der Waals surface area contributed by atoms with Gasteiger partial charge < -0.3 is 14.2 Å². The first-order valence-corrected chi connectivity index (χ1v) is 19.6. The van der Waals surface area contributed by atoms with Crippen molar-refractivity contribution >= 4 is 98.3 Å². The van der Waals surface area contributed by atoms with E-state index in [-0.39, 0.29) is 0 Å². The molecule has 0 aliphatic rings. The maximum absolute atomic E-state index is 6.50. The van der Waals surface area contributed by atoms with E-state index in [1.54, 1.807) is 0 Å². The van der Waals surface area contributed by atoms with Crippen LogP contribution in [0.4, 0.5) is 34.1 Å². The van der Waals surface area contributed by atoms with Crippen molar-refractivity contribution in [3.63, 3.8) is 0 Å². The van der Waals surface area contributed by atoms with Crippen molar-refractivity contribution in [2.75, 3.05) is 9.80 Å². The highest BCUT2D eigenvalue weighted by Gasteiger charge is 2.24. The van der Waals surface area contributed by atoms with Gasteiger partial charge in [0.15, 0.2) is 5.58 Å². The van der Waals surface area contributed by atoms with E-state index in [0.717, 1.165) is 61.6 Å². The maximum Gasteiger partial charge on any atom is 0.227 e. The molecule has 11 rings (SSSR count). The van der Waals surface area contributed by atoms with Gasteiger partial charge in [-0.25, -0.2) is 4.98 Å². The fourth-order valence-corrected chi connectivity index (χ4v) is 9.25. The molecule has 0 saturated carbocycles. The summed E-state index contributed by atoms with van der Waals surface area (Å²) in [6, 6.07) is 71.0. The molecule has 0 amide bonds. The predicted octanol–water partition coefficient (Wildman–Crippen LogP) is 15.1. The number of para-hydroxylation sites is 2. The molecule has 0 radical (unpaired) electrons. The summed E-state index contributed by atoms with van der Waals surface area (Å²) in [6.07, 6.45) is 0. The molecule has 0 aliphatic carbocycles. The molecule has 0 aliphatic heterocycles. The van der Waals surface area contributed by atoms with Crippen LogP contribution in [0.5, 0.6) is 0 Å². The van der Waals surface area contributed by atoms with E-state index in [2.05, 4.69) is 180 Å². The lowest BCUT2D eigenvalue weighted by Gasteiger charge is -2.31. The summed E-state index contributed by atoms with van der Waals surface area (Å²) in [7, 11) is 0. The van der Waals surface area contributed by atoms with Crippen molar-refractivity contribution in [3.05, 3.63) is 200 Å². The lowest BCUT2D eigenvalue weighted by molar-refractivity contribution is 0.620. The number of hydrogen-bond acceptors (Lipinski definition) is 5. The molecule has 0 unspecified atom stereocenters. The summed E-state index contributed by atoms with van der Waals surface area (Å²) in [5.74, 6) is 0.601. The monoisotopic (exact) mass is 735 g/mol. The van der Waals surface area contributed by atoms with Gasteiger partial charge in [0.2, 0.25) is 5.89 Å². The van der Waals surface area contributed by atoms with E-state index in [4.69, 9.17) is 9.40 Å². The molecule has 0 bridgehead atoms. The van der Waals surface area contributed by atoms with Crippen LogP contribution < -0.4 is 9.80 Å². The van der Waals surface area contributed by atoms with Crippen molar-refractivity contribution in [1.29, 1.82) is 0 Å². The Hall–Kier alpha value is -7.21. The number of rotatable bonds is 7. The number of fused-ring (bicyclic) bond motifs is 7. The van der Waals surface area contributed by atoms with Crippen molar-refractivity contribution in [1.82, 2.24) is 4.98 Å². The van der Waals surface area contributed by atoms with Crippen molar-refractivity contribution in [2.45, 2.75) is 0 Å². The van der Waals surface area contributed by atoms with Gasteiger partial charge in [-0.05, 0) is 95.7 Å². The lowest BCUT2D eigenvalue weighted by atomic mass is 10.0. The predicted molar refractivity (Wildman–Crippen MR) is 237 cm³/mol. The smallest absolute Gasteiger partial charge is 0.227 e. The first kappa shape index (κ1) is 32.2. The molecule has 56 heavy (non-hydrogen) atoms. The van der Waals surface area contributed by atoms with Gasteiger partial charge in [0, 0.05) is 54.6 Å². The zero-order valence-corrected chi connectivity index (χ0v) is 31.0. The van der Waals surface area contributed by atoms with Gasteiger partial charge in [0.25, 0.3) is 0 Å². The molecule has 0 fully saturated rings. The van der Waals surface area contributed by atoms with Gasteiger partial charge in [-0.2, -0.15) is 0 Å². The molecule has 2 aromatic heterocycles. The van der Waals surface area contributed by atoms with Crippen LogP contribution in [-0.2, 0) is 0 Å². The highest BCUT2D eigenvalue weighted by atomic mass is 32.1. The summed E-state index contributed by atoms with van der Waals surface area (Å²) in [5, 5.41) is 6.98. The van der Waals surface area contributed by atoms with Gasteiger partial charge in [-0.1, -0.05) is 115 Å². The van der Waals surface area contributed by atoms with Crippen molar-refractivity contribution in [2.24, 2.45) is 0 Å². The van der Waals surface area contributed by atoms with Gasteiger partial charge in [-0.15, -0.1) is 11.3 Å². The number of nitrogens with zero attached hydrogens (tertiary/aromatic N) is 3. The fourth-order valence-electron chi connectivity index (χ4n) is 8.04. The Balaban J connectivity index is 1.25. The first-order chi connectivity index (χ1) is 27.8. The summed E-state index contributed by atoms with van der Waals surface area (Å²) in [4.78, 5) is 10.0. The van der Waals surface area contributed by atoms with Gasteiger partial charge in [-0.3, -0.25) is 0 Å². The molecule has 0 saturated heterocycles. The number of hydrogen-bond donors (Lipinski definition) is 0. The second-order valence-electron chi connectivity index (χ2n) is 14.0. The van der Waals surface area contributed by atoms with Crippen LogP contribution in [0.25, 0.3) is 64.3 Å². The zero-order valence-electron chi connectivity index (χ0n) is 30.2. The normalized spacial score (nSPS) is 11.6. The number of oxazole rings is 1. The van der Waals surface area contributed by atoms with Crippen LogP contribution in [0.2, 0.25) is 0 Å². The minimum absolute atomic E-state index is 0.601. The van der Waals surface area contributed by atoms with Crippen LogP contribution in [0.3, 0.4) is 0 Å². The third-order valence-corrected chi connectivity index (χ3v) is 11.8. The third kappa shape index (κ3) is 5.40. The number of thiophene rings is 1. The second-order valence-corrected chi connectivity index (χ2v) is 15.0. The average Bonchev–Trinajstić information content (AvgIpc) is 3.88. The Morgan fingerprint density at radius 3 is 1.89 bits per heavy atom. The first-order valence-electron chi connectivity index (χ1n) is 18.8. The minimum atomic E-state index is 0.601. The van der Waals surface area contributed by atoms with E-state index >= 15 is 0 Å². The van der Waals surface area contributed by atoms with E-state index in [1.165, 1.54) is 30.9 Å². The SMILES string of the molecule is c1ccc(-c2nc3c(ccc4c(N(c5ccccc5)c5cccc6c5sc5ccccc56)cc(N(c5ccccc5)c5ccc6ccccc6c5)cc43)o2)cc1. The van der Waals surface area contributed by atoms with Crippen molar-refractivity contribution in [3.8, 4) is 11.5 Å². The molecular weight excluding hydrogens is 703 g/mol. The molecule has 0 atom stereocenters. The summed E-state index contributed by atoms with van der Waals surface area (Å²) in [6.45, 7) is 0. The van der Waals surface area contributed by atoms with E-state index < -0.39 is 0 Å². The quantitative estimate of drug-likeness (QED) is 0.163. The average molecular weight is 736 g/mol. The largest absolute Gasteiger partial charge is 0.436 e. The topological polar surface area (TPSA) is 32.5 Å². The van der Waals surface area contributed by atoms with Gasteiger partial charge >= 0.3 is 0 Å². The molecule has 4 nitrogen and oxygen atoms in total. The Morgan fingerprint density at radius 1 is 0.411 bits per heavy atom. The summed E-state index contributed by atoms with van der Waals surface area (Å²) >= 11 is 1.84. The van der Waals surface area contributed by atoms with Crippen molar-refractivity contribution < 1.29 is 4.42 Å². The van der Waals surface area contributed by atoms with Crippen LogP contribution >= 0.6 is 11.3 Å². The summed E-state index contributed by atoms with van der Waals surface area (Å²) < 4.78 is 9.01. The highest BCUT2D eigenvalue weighted by Crippen LogP contribution is 2.49. The Labute approximate surface area is 327 Å². The van der Waals surface area contributed by atoms with Gasteiger partial charge in [0.1, 0.15) is 5.52 Å². The third-order valence-electron chi connectivity index (χ3n) is 10.6. The molecule has 5 heteroatoms. The Kier molecular flexibility index (Phi) is 7.64. The molecule has 264 valence electrons. The van der Waals surface area contributed by atoms with Gasteiger partial charge in [0.05, 0.1) is 16.1 Å². The van der Waals surface area contributed by atoms with Crippen LogP contribution in [-0.4, -0.2) is 4.98 Å². The van der Waals surface area contributed by atoms with Crippen LogP contribution in [0.15, 0.2) is 205 Å². The van der Waals surface area contributed by atoms with Crippen LogP contribution in [0.1, 0.15) is 0 Å². The lowest BCUT2D eigenvalue weighted by Crippen LogP contribution is -2.14. The Morgan fingerprint density at radius 2 is 1.09 bits per heavy atom. The summed E-state index contributed by atoms with van der Waals surface area (Å²) in [5.41, 5.74) is 8.87. The maximum atomic E-state index is 6.50. The molecule has 9 aromatic carbocycles. The second kappa shape index (κ2) is 13.3. The molecule has 2 heterocycles. The molecular formula is C51H33N3OS. The molecule has 0 spiro atoms. The van der Waals surface area contributed by atoms with Crippen LogP contribution in [0, 0.1) is 0 Å². The Bertz CT molecular complexity index is 3210. The highest BCUT2D eigenvalue weighted by molar-refractivity contribution is 7.26. The zero-order chi connectivity index (χ0) is 37.0. The van der Waals surface area contributed by atoms with E-state index in [1.807, 2.05) is 41.7 Å². The minimum Gasteiger partial charge on any atom is -0.436 e. The van der Waals surface area contributed by atoms with E-state index in [0.29, 0.717) is 5.89 Å². The number of aromatic nitrogens is 1.